The van der Waals surface area contributed by atoms with E-state index in [1.165, 1.54) is 24.1 Å². The van der Waals surface area contributed by atoms with Crippen molar-refractivity contribution in [3.63, 3.8) is 0 Å². The lowest BCUT2D eigenvalue weighted by atomic mass is 9.87. The third kappa shape index (κ3) is 8.73. The van der Waals surface area contributed by atoms with Crippen molar-refractivity contribution in [2.45, 2.75) is 70.2 Å². The van der Waals surface area contributed by atoms with Gasteiger partial charge in [-0.1, -0.05) is 30.2 Å². The van der Waals surface area contributed by atoms with Crippen LogP contribution in [-0.4, -0.2) is 65.2 Å². The predicted octanol–water partition coefficient (Wildman–Crippen LogP) is 3.22. The first-order valence-corrected chi connectivity index (χ1v) is 13.4. The fraction of sp³-hybridized carbons (Fsp3) is 0.419. The molecule has 0 radical (unpaired) electrons. The average Bonchev–Trinajstić information content (AvgIpc) is 2.90. The molecule has 3 N–H and O–H groups in total. The summed E-state index contributed by atoms with van der Waals surface area (Å²) < 4.78 is 10.1. The molecule has 1 aliphatic carbocycles. The number of carbonyl (C=O) groups excluding carboxylic acids is 4. The number of esters is 1. The van der Waals surface area contributed by atoms with E-state index in [1.807, 2.05) is 0 Å². The summed E-state index contributed by atoms with van der Waals surface area (Å²) in [6.45, 7) is 4.76. The quantitative estimate of drug-likeness (QED) is 0.299. The van der Waals surface area contributed by atoms with Gasteiger partial charge in [0.25, 0.3) is 0 Å². The molecule has 1 fully saturated rings. The first kappa shape index (κ1) is 31.0. The zero-order valence-corrected chi connectivity index (χ0v) is 23.8. The predicted molar refractivity (Wildman–Crippen MR) is 152 cm³/mol. The Kier molecular flexibility index (Phi) is 10.4. The van der Waals surface area contributed by atoms with Gasteiger partial charge in [0.05, 0.1) is 7.11 Å². The van der Waals surface area contributed by atoms with Crippen molar-refractivity contribution < 1.29 is 33.8 Å². The Bertz CT molecular complexity index is 1270. The smallest absolute Gasteiger partial charge is 0.408 e. The van der Waals surface area contributed by atoms with Gasteiger partial charge in [0.1, 0.15) is 30.0 Å². The Morgan fingerprint density at radius 3 is 2.22 bits per heavy atom. The lowest BCUT2D eigenvalue weighted by Gasteiger charge is -2.43. The third-order valence-electron chi connectivity index (χ3n) is 6.64. The molecule has 1 aliphatic rings. The fourth-order valence-electron chi connectivity index (χ4n) is 4.41. The number of rotatable bonds is 10. The Labute approximate surface area is 240 Å². The number of aromatic hydroxyl groups is 1. The Morgan fingerprint density at radius 2 is 1.71 bits per heavy atom. The Balaban J connectivity index is 2.04. The number of benzene rings is 2. The van der Waals surface area contributed by atoms with Gasteiger partial charge in [0.15, 0.2) is 0 Å². The van der Waals surface area contributed by atoms with Crippen molar-refractivity contribution in [1.82, 2.24) is 15.5 Å². The topological polar surface area (TPSA) is 134 Å². The Hall–Kier alpha value is -4.52. The lowest BCUT2D eigenvalue weighted by molar-refractivity contribution is -0.148. The van der Waals surface area contributed by atoms with Crippen molar-refractivity contribution in [2.24, 2.45) is 0 Å². The highest BCUT2D eigenvalue weighted by atomic mass is 16.6. The number of ether oxygens (including phenoxy) is 2. The second kappa shape index (κ2) is 13.7. The Morgan fingerprint density at radius 1 is 1.07 bits per heavy atom. The number of phenols is 1. The maximum atomic E-state index is 14.4. The van der Waals surface area contributed by atoms with E-state index in [1.54, 1.807) is 57.2 Å². The molecule has 218 valence electrons. The number of hydrogen-bond donors (Lipinski definition) is 3. The summed E-state index contributed by atoms with van der Waals surface area (Å²) in [7, 11) is 1.21. The molecule has 10 heteroatoms. The molecule has 2 unspecified atom stereocenters. The van der Waals surface area contributed by atoms with Crippen molar-refractivity contribution in [2.75, 3.05) is 13.7 Å². The van der Waals surface area contributed by atoms with Crippen LogP contribution < -0.4 is 10.6 Å². The van der Waals surface area contributed by atoms with Gasteiger partial charge in [-0.3, -0.25) is 14.4 Å². The molecule has 1 saturated carbocycles. The van der Waals surface area contributed by atoms with Gasteiger partial charge in [-0.15, -0.1) is 6.42 Å². The van der Waals surface area contributed by atoms with Crippen LogP contribution >= 0.6 is 0 Å². The van der Waals surface area contributed by atoms with Gasteiger partial charge in [-0.2, -0.15) is 0 Å². The monoisotopic (exact) mass is 563 g/mol. The van der Waals surface area contributed by atoms with Crippen LogP contribution in [0.5, 0.6) is 5.75 Å². The summed E-state index contributed by atoms with van der Waals surface area (Å²) >= 11 is 0. The number of amides is 3. The van der Waals surface area contributed by atoms with E-state index >= 15 is 0 Å². The minimum Gasteiger partial charge on any atom is -0.508 e. The molecular weight excluding hydrogens is 526 g/mol. The highest BCUT2D eigenvalue weighted by Gasteiger charge is 2.42. The number of alkyl carbamates (subject to hydrolysis) is 1. The SMILES string of the molecule is C#Cc1ccc(C(C(=O)NCC(=O)OC)N(C(=O)C(Cc2ccc(O)cc2)NC(=O)OC(C)(C)C)C2CCC2)cc1. The minimum atomic E-state index is -1.12. The molecule has 10 nitrogen and oxygen atoms in total. The molecule has 0 aromatic heterocycles. The molecule has 0 heterocycles. The fourth-order valence-corrected chi connectivity index (χ4v) is 4.41. The molecule has 2 aromatic carbocycles. The number of terminal acetylenes is 1. The van der Waals surface area contributed by atoms with Gasteiger partial charge in [-0.05, 0) is 75.4 Å². The van der Waals surface area contributed by atoms with Gasteiger partial charge in [0, 0.05) is 18.0 Å². The minimum absolute atomic E-state index is 0.0607. The molecule has 3 rings (SSSR count). The first-order chi connectivity index (χ1) is 19.4. The molecule has 41 heavy (non-hydrogen) atoms. The van der Waals surface area contributed by atoms with Crippen LogP contribution in [0.3, 0.4) is 0 Å². The number of hydrogen-bond acceptors (Lipinski definition) is 7. The number of nitrogens with one attached hydrogen (secondary N) is 2. The summed E-state index contributed by atoms with van der Waals surface area (Å²) in [4.78, 5) is 54.2. The van der Waals surface area contributed by atoms with E-state index in [4.69, 9.17) is 11.2 Å². The van der Waals surface area contributed by atoms with E-state index in [-0.39, 0.29) is 24.8 Å². The van der Waals surface area contributed by atoms with E-state index in [9.17, 15) is 24.3 Å². The lowest BCUT2D eigenvalue weighted by Crippen LogP contribution is -2.58. The summed E-state index contributed by atoms with van der Waals surface area (Å²) in [5.41, 5.74) is 0.961. The summed E-state index contributed by atoms with van der Waals surface area (Å²) in [5.74, 6) is 0.884. The second-order valence-electron chi connectivity index (χ2n) is 10.9. The van der Waals surface area contributed by atoms with Crippen LogP contribution in [0, 0.1) is 12.3 Å². The summed E-state index contributed by atoms with van der Waals surface area (Å²) in [6.07, 6.45) is 7.00. The zero-order chi connectivity index (χ0) is 30.2. The zero-order valence-electron chi connectivity index (χ0n) is 23.8. The van der Waals surface area contributed by atoms with Crippen LogP contribution in [0.15, 0.2) is 48.5 Å². The van der Waals surface area contributed by atoms with Gasteiger partial charge in [-0.25, -0.2) is 4.79 Å². The van der Waals surface area contributed by atoms with E-state index in [0.717, 1.165) is 6.42 Å². The number of nitrogens with zero attached hydrogens (tertiary/aromatic N) is 1. The largest absolute Gasteiger partial charge is 0.508 e. The van der Waals surface area contributed by atoms with Gasteiger partial charge >= 0.3 is 12.1 Å². The van der Waals surface area contributed by atoms with Gasteiger partial charge < -0.3 is 30.1 Å². The summed E-state index contributed by atoms with van der Waals surface area (Å²) in [5, 5.41) is 15.0. The van der Waals surface area contributed by atoms with E-state index < -0.39 is 41.6 Å². The number of phenolic OH excluding ortho intramolecular Hbond substituents is 1. The highest BCUT2D eigenvalue weighted by molar-refractivity contribution is 5.93. The molecule has 0 bridgehead atoms. The van der Waals surface area contributed by atoms with Crippen molar-refractivity contribution >= 4 is 23.9 Å². The molecular formula is C31H37N3O7. The van der Waals surface area contributed by atoms with Crippen LogP contribution in [0.1, 0.15) is 62.8 Å². The van der Waals surface area contributed by atoms with Crippen LogP contribution in [0.2, 0.25) is 0 Å². The van der Waals surface area contributed by atoms with Crippen LogP contribution in [-0.2, 0) is 30.3 Å². The summed E-state index contributed by atoms with van der Waals surface area (Å²) in [6, 6.07) is 10.5. The molecule has 2 atom stereocenters. The number of methoxy groups -OCH3 is 1. The number of carbonyl (C=O) groups is 4. The first-order valence-electron chi connectivity index (χ1n) is 13.4. The molecule has 3 amide bonds. The average molecular weight is 564 g/mol. The van der Waals surface area contributed by atoms with Crippen molar-refractivity contribution in [3.05, 3.63) is 65.2 Å². The third-order valence-corrected chi connectivity index (χ3v) is 6.64. The van der Waals surface area contributed by atoms with Crippen molar-refractivity contribution in [1.29, 1.82) is 0 Å². The second-order valence-corrected chi connectivity index (χ2v) is 10.9. The van der Waals surface area contributed by atoms with Crippen LogP contribution in [0.25, 0.3) is 0 Å². The van der Waals surface area contributed by atoms with E-state index in [0.29, 0.717) is 29.5 Å². The molecule has 2 aromatic rings. The molecule has 0 saturated heterocycles. The van der Waals surface area contributed by atoms with Gasteiger partial charge in [0.2, 0.25) is 11.8 Å². The van der Waals surface area contributed by atoms with Crippen molar-refractivity contribution in [3.8, 4) is 18.1 Å². The van der Waals surface area contributed by atoms with E-state index in [2.05, 4.69) is 21.3 Å². The standard InChI is InChI=1S/C31H37N3O7/c1-6-20-10-14-22(15-11-20)27(28(37)32-19-26(36)40-5)34(23-8-7-9-23)29(38)25(33-30(39)41-31(2,3)4)18-21-12-16-24(35)17-13-21/h1,10-17,23,25,27,35H,7-9,18-19H2,2-5H3,(H,32,37)(H,33,39). The normalized spacial score (nSPS) is 14.4. The maximum absolute atomic E-state index is 14.4. The molecule has 0 spiro atoms. The maximum Gasteiger partial charge on any atom is 0.408 e. The highest BCUT2D eigenvalue weighted by Crippen LogP contribution is 2.34. The van der Waals surface area contributed by atoms with Crippen LogP contribution in [0.4, 0.5) is 4.79 Å². The molecule has 0 aliphatic heterocycles.